The summed E-state index contributed by atoms with van der Waals surface area (Å²) in [5.74, 6) is 1.24. The summed E-state index contributed by atoms with van der Waals surface area (Å²) in [6, 6.07) is 40.9. The number of ether oxygens (including phenoxy) is 2. The van der Waals surface area contributed by atoms with Gasteiger partial charge in [0.2, 0.25) is 0 Å². The smallest absolute Gasteiger partial charge is 0.341 e. The molecule has 0 aliphatic carbocycles. The van der Waals surface area contributed by atoms with Crippen molar-refractivity contribution >= 4 is 11.5 Å². The van der Waals surface area contributed by atoms with E-state index in [4.69, 9.17) is 14.6 Å². The Hall–Kier alpha value is -5.09. The van der Waals surface area contributed by atoms with E-state index in [1.54, 1.807) is 6.07 Å². The van der Waals surface area contributed by atoms with Crippen LogP contribution in [-0.2, 0) is 4.79 Å². The molecule has 1 N–H and O–H groups in total. The average Bonchev–Trinajstić information content (AvgIpc) is 3.10. The fourth-order valence-corrected chi connectivity index (χ4v) is 5.89. The van der Waals surface area contributed by atoms with E-state index in [1.807, 2.05) is 19.1 Å². The normalized spacial score (nSPS) is 11.1. The van der Waals surface area contributed by atoms with Gasteiger partial charge in [-0.2, -0.15) is 0 Å². The molecule has 0 heterocycles. The molecule has 4 heteroatoms. The van der Waals surface area contributed by atoms with Gasteiger partial charge in [0.25, 0.3) is 0 Å². The second-order valence-electron chi connectivity index (χ2n) is 12.9. The minimum Gasteiger partial charge on any atom is -0.489 e. The second kappa shape index (κ2) is 15.7. The van der Waals surface area contributed by atoms with E-state index in [9.17, 15) is 4.79 Å². The van der Waals surface area contributed by atoms with Crippen LogP contribution >= 0.6 is 0 Å². The zero-order chi connectivity index (χ0) is 34.2. The Morgan fingerprint density at radius 3 is 1.42 bits per heavy atom. The molecule has 48 heavy (non-hydrogen) atoms. The first-order chi connectivity index (χ1) is 23.1. The maximum absolute atomic E-state index is 11.0. The molecular formula is C44H46O4. The molecule has 0 unspecified atom stereocenters. The van der Waals surface area contributed by atoms with E-state index in [1.165, 1.54) is 44.5 Å². The Morgan fingerprint density at radius 2 is 1.04 bits per heavy atom. The Morgan fingerprint density at radius 1 is 0.604 bits per heavy atom. The largest absolute Gasteiger partial charge is 0.489 e. The number of hydrogen-bond acceptors (Lipinski definition) is 3. The lowest BCUT2D eigenvalue weighted by Gasteiger charge is -2.18. The van der Waals surface area contributed by atoms with E-state index in [0.717, 1.165) is 23.1 Å². The number of aryl methyl sites for hydroxylation is 1. The van der Waals surface area contributed by atoms with E-state index >= 15 is 0 Å². The molecule has 0 spiro atoms. The molecule has 0 radical (unpaired) electrons. The van der Waals surface area contributed by atoms with Gasteiger partial charge in [0.1, 0.15) is 18.1 Å². The second-order valence-corrected chi connectivity index (χ2v) is 12.9. The van der Waals surface area contributed by atoms with Gasteiger partial charge in [-0.25, -0.2) is 4.79 Å². The topological polar surface area (TPSA) is 55.8 Å². The molecule has 0 aliphatic heterocycles. The van der Waals surface area contributed by atoms with Gasteiger partial charge in [0.15, 0.2) is 6.61 Å². The van der Waals surface area contributed by atoms with Gasteiger partial charge in [-0.1, -0.05) is 132 Å². The standard InChI is InChI=1S/C44H46O4/c1-7-32(27-47-41-24-25-42(31(6)26-41)48-28-43(45)46)44(39-20-16-37(17-21-39)35-12-8-33(9-13-35)29(2)3)40-22-18-38(19-23-40)36-14-10-34(11-15-36)30(4)5/h8-26,29-30H,7,27-28H2,1-6H3,(H,45,46). The fourth-order valence-electron chi connectivity index (χ4n) is 5.89. The summed E-state index contributed by atoms with van der Waals surface area (Å²) >= 11 is 0. The highest BCUT2D eigenvalue weighted by molar-refractivity contribution is 5.84. The minimum atomic E-state index is -1.01. The third-order valence-corrected chi connectivity index (χ3v) is 8.86. The van der Waals surface area contributed by atoms with Crippen molar-refractivity contribution in [2.45, 2.75) is 59.8 Å². The molecule has 4 nitrogen and oxygen atoms in total. The minimum absolute atomic E-state index is 0.378. The van der Waals surface area contributed by atoms with Crippen LogP contribution in [0.5, 0.6) is 11.5 Å². The van der Waals surface area contributed by atoms with Gasteiger partial charge in [-0.05, 0) is 105 Å². The van der Waals surface area contributed by atoms with Crippen LogP contribution < -0.4 is 9.47 Å². The van der Waals surface area contributed by atoms with Crippen molar-refractivity contribution in [3.63, 3.8) is 0 Å². The van der Waals surface area contributed by atoms with Crippen LogP contribution in [0.4, 0.5) is 0 Å². The predicted molar refractivity (Wildman–Crippen MR) is 198 cm³/mol. The molecule has 0 atom stereocenters. The van der Waals surface area contributed by atoms with Gasteiger partial charge >= 0.3 is 5.97 Å². The predicted octanol–water partition coefficient (Wildman–Crippen LogP) is 11.3. The Labute approximate surface area is 285 Å². The summed E-state index contributed by atoms with van der Waals surface area (Å²) in [5.41, 5.74) is 12.9. The molecule has 5 rings (SSSR count). The number of carboxylic acid groups (broad SMARTS) is 1. The van der Waals surface area contributed by atoms with Crippen molar-refractivity contribution in [3.8, 4) is 33.8 Å². The molecule has 5 aromatic rings. The zero-order valence-electron chi connectivity index (χ0n) is 28.9. The molecule has 0 saturated heterocycles. The molecule has 0 amide bonds. The lowest BCUT2D eigenvalue weighted by Crippen LogP contribution is -2.10. The van der Waals surface area contributed by atoms with E-state index in [-0.39, 0.29) is 6.61 Å². The Bertz CT molecular complexity index is 1750. The van der Waals surface area contributed by atoms with Crippen molar-refractivity contribution in [2.24, 2.45) is 0 Å². The van der Waals surface area contributed by atoms with Crippen molar-refractivity contribution in [1.82, 2.24) is 0 Å². The summed E-state index contributed by atoms with van der Waals surface area (Å²) < 4.78 is 11.8. The van der Waals surface area contributed by atoms with Gasteiger partial charge < -0.3 is 14.6 Å². The molecule has 246 valence electrons. The van der Waals surface area contributed by atoms with Crippen LogP contribution in [0.25, 0.3) is 27.8 Å². The van der Waals surface area contributed by atoms with Crippen molar-refractivity contribution < 1.29 is 19.4 Å². The van der Waals surface area contributed by atoms with Gasteiger partial charge in [0, 0.05) is 0 Å². The zero-order valence-corrected chi connectivity index (χ0v) is 28.9. The number of hydrogen-bond donors (Lipinski definition) is 1. The molecule has 0 saturated carbocycles. The Kier molecular flexibility index (Phi) is 11.2. The average molecular weight is 639 g/mol. The fraction of sp³-hybridized carbons (Fsp3) is 0.250. The molecule has 0 aliphatic rings. The first kappa shape index (κ1) is 34.3. The number of benzene rings is 5. The van der Waals surface area contributed by atoms with Gasteiger partial charge in [-0.15, -0.1) is 0 Å². The maximum Gasteiger partial charge on any atom is 0.341 e. The van der Waals surface area contributed by atoms with Crippen LogP contribution in [-0.4, -0.2) is 24.3 Å². The maximum atomic E-state index is 11.0. The molecule has 0 aromatic heterocycles. The number of carbonyl (C=O) groups is 1. The number of aliphatic carboxylic acids is 1. The van der Waals surface area contributed by atoms with E-state index < -0.39 is 5.97 Å². The van der Waals surface area contributed by atoms with Crippen molar-refractivity contribution in [2.75, 3.05) is 13.2 Å². The summed E-state index contributed by atoms with van der Waals surface area (Å²) in [4.78, 5) is 11.0. The first-order valence-electron chi connectivity index (χ1n) is 16.8. The van der Waals surface area contributed by atoms with Crippen molar-refractivity contribution in [3.05, 3.63) is 149 Å². The quantitative estimate of drug-likeness (QED) is 0.139. The summed E-state index contributed by atoms with van der Waals surface area (Å²) in [7, 11) is 0. The van der Waals surface area contributed by atoms with E-state index in [0.29, 0.717) is 29.9 Å². The number of carboxylic acids is 1. The van der Waals surface area contributed by atoms with Crippen LogP contribution in [0.1, 0.15) is 80.7 Å². The first-order valence-corrected chi connectivity index (χ1v) is 16.8. The van der Waals surface area contributed by atoms with E-state index in [2.05, 4.69) is 132 Å². The Balaban J connectivity index is 1.47. The SMILES string of the molecule is CCC(COc1ccc(OCC(=O)O)c(C)c1)=C(c1ccc(-c2ccc(C(C)C)cc2)cc1)c1ccc(-c2ccc(C(C)C)cc2)cc1. The lowest BCUT2D eigenvalue weighted by molar-refractivity contribution is -0.139. The highest BCUT2D eigenvalue weighted by Gasteiger charge is 2.14. The van der Waals surface area contributed by atoms with Crippen LogP contribution in [0, 0.1) is 6.92 Å². The van der Waals surface area contributed by atoms with Crippen LogP contribution in [0.15, 0.2) is 121 Å². The molecule has 5 aromatic carbocycles. The highest BCUT2D eigenvalue weighted by Crippen LogP contribution is 2.34. The molecule has 0 bridgehead atoms. The third-order valence-electron chi connectivity index (χ3n) is 8.86. The number of rotatable bonds is 13. The van der Waals surface area contributed by atoms with Crippen molar-refractivity contribution in [1.29, 1.82) is 0 Å². The van der Waals surface area contributed by atoms with Gasteiger partial charge in [-0.3, -0.25) is 0 Å². The molecular weight excluding hydrogens is 592 g/mol. The highest BCUT2D eigenvalue weighted by atomic mass is 16.5. The molecule has 0 fully saturated rings. The van der Waals surface area contributed by atoms with Gasteiger partial charge in [0.05, 0.1) is 0 Å². The van der Waals surface area contributed by atoms with Crippen LogP contribution in [0.3, 0.4) is 0 Å². The summed E-state index contributed by atoms with van der Waals surface area (Å²) in [6.07, 6.45) is 0.810. The lowest BCUT2D eigenvalue weighted by atomic mass is 9.89. The van der Waals surface area contributed by atoms with Crippen LogP contribution in [0.2, 0.25) is 0 Å². The third kappa shape index (κ3) is 8.43. The summed E-state index contributed by atoms with van der Waals surface area (Å²) in [6.45, 7) is 13.0. The summed E-state index contributed by atoms with van der Waals surface area (Å²) in [5, 5.41) is 8.98. The monoisotopic (exact) mass is 638 g/mol.